The van der Waals surface area contributed by atoms with Crippen molar-refractivity contribution in [2.45, 2.75) is 32.7 Å². The summed E-state index contributed by atoms with van der Waals surface area (Å²) in [6.07, 6.45) is 0.439. The van der Waals surface area contributed by atoms with Gasteiger partial charge in [-0.25, -0.2) is 0 Å². The van der Waals surface area contributed by atoms with Crippen LogP contribution >= 0.6 is 12.2 Å². The summed E-state index contributed by atoms with van der Waals surface area (Å²) in [6, 6.07) is 14.0. The highest BCUT2D eigenvalue weighted by Gasteiger charge is 2.40. The lowest BCUT2D eigenvalue weighted by atomic mass is 9.91. The standard InChI is InChI=1S/C21H24N2O3S/c1-3-24-16-10-6-5-9-14(16)19-22-20-15(21(27)23-19)12-13-8-7-11-17(25-4-2)18(13)26-20/h5-11,15,19-20,22H,3-4,12H2,1-2H3,(H,23,27). The van der Waals surface area contributed by atoms with Crippen LogP contribution in [-0.4, -0.2) is 24.4 Å². The summed E-state index contributed by atoms with van der Waals surface area (Å²) < 4.78 is 17.9. The first-order chi connectivity index (χ1) is 13.2. The van der Waals surface area contributed by atoms with Crippen LogP contribution in [0, 0.1) is 5.92 Å². The van der Waals surface area contributed by atoms with Crippen molar-refractivity contribution in [2.75, 3.05) is 13.2 Å². The zero-order valence-corrected chi connectivity index (χ0v) is 16.3. The first-order valence-electron chi connectivity index (χ1n) is 9.40. The fraction of sp³-hybridized carbons (Fsp3) is 0.381. The largest absolute Gasteiger partial charge is 0.493 e. The molecule has 0 bridgehead atoms. The molecule has 0 radical (unpaired) electrons. The molecule has 5 nitrogen and oxygen atoms in total. The van der Waals surface area contributed by atoms with Crippen LogP contribution in [-0.2, 0) is 6.42 Å². The molecule has 0 amide bonds. The highest BCUT2D eigenvalue weighted by Crippen LogP contribution is 2.40. The van der Waals surface area contributed by atoms with E-state index in [1.54, 1.807) is 0 Å². The molecule has 0 aromatic heterocycles. The van der Waals surface area contributed by atoms with Crippen LogP contribution in [0.3, 0.4) is 0 Å². The molecule has 1 fully saturated rings. The number of rotatable bonds is 5. The van der Waals surface area contributed by atoms with E-state index in [9.17, 15) is 0 Å². The minimum atomic E-state index is -0.215. The minimum Gasteiger partial charge on any atom is -0.493 e. The van der Waals surface area contributed by atoms with E-state index < -0.39 is 0 Å². The maximum Gasteiger partial charge on any atom is 0.166 e. The summed E-state index contributed by atoms with van der Waals surface area (Å²) in [5, 5.41) is 6.99. The SMILES string of the molecule is CCOc1ccccc1C1NC(=S)C2Cc3cccc(OCC)c3OC2N1. The van der Waals surface area contributed by atoms with Gasteiger partial charge in [0.1, 0.15) is 11.9 Å². The number of benzene rings is 2. The van der Waals surface area contributed by atoms with Gasteiger partial charge in [-0.1, -0.05) is 42.5 Å². The van der Waals surface area contributed by atoms with Crippen molar-refractivity contribution in [2.24, 2.45) is 5.92 Å². The van der Waals surface area contributed by atoms with Gasteiger partial charge < -0.3 is 19.5 Å². The molecular weight excluding hydrogens is 360 g/mol. The molecule has 0 spiro atoms. The Bertz CT molecular complexity index is 842. The molecule has 27 heavy (non-hydrogen) atoms. The maximum atomic E-state index is 6.34. The predicted molar refractivity (Wildman–Crippen MR) is 108 cm³/mol. The Hall–Kier alpha value is -2.31. The van der Waals surface area contributed by atoms with E-state index in [1.165, 1.54) is 0 Å². The molecule has 0 aliphatic carbocycles. The van der Waals surface area contributed by atoms with Gasteiger partial charge in [-0.2, -0.15) is 0 Å². The monoisotopic (exact) mass is 384 g/mol. The lowest BCUT2D eigenvalue weighted by molar-refractivity contribution is 0.0756. The number of ether oxygens (including phenoxy) is 3. The van der Waals surface area contributed by atoms with Gasteiger partial charge >= 0.3 is 0 Å². The van der Waals surface area contributed by atoms with E-state index in [1.807, 2.05) is 50.2 Å². The van der Waals surface area contributed by atoms with Gasteiger partial charge in [0, 0.05) is 5.56 Å². The molecule has 4 rings (SSSR count). The highest BCUT2D eigenvalue weighted by molar-refractivity contribution is 7.80. The van der Waals surface area contributed by atoms with E-state index in [4.69, 9.17) is 26.4 Å². The quantitative estimate of drug-likeness (QED) is 0.769. The third-order valence-electron chi connectivity index (χ3n) is 4.89. The van der Waals surface area contributed by atoms with Crippen molar-refractivity contribution in [3.63, 3.8) is 0 Å². The summed E-state index contributed by atoms with van der Waals surface area (Å²) in [7, 11) is 0. The summed E-state index contributed by atoms with van der Waals surface area (Å²) >= 11 is 5.70. The minimum absolute atomic E-state index is 0.0832. The Kier molecular flexibility index (Phi) is 5.18. The van der Waals surface area contributed by atoms with Gasteiger partial charge in [-0.05, 0) is 38.0 Å². The van der Waals surface area contributed by atoms with Crippen LogP contribution in [0.25, 0.3) is 0 Å². The highest BCUT2D eigenvalue weighted by atomic mass is 32.1. The summed E-state index contributed by atoms with van der Waals surface area (Å²) in [6.45, 7) is 5.17. The molecule has 2 aliphatic rings. The molecule has 2 aliphatic heterocycles. The first kappa shape index (κ1) is 18.1. The van der Waals surface area contributed by atoms with Crippen LogP contribution in [0.4, 0.5) is 0 Å². The van der Waals surface area contributed by atoms with Crippen molar-refractivity contribution in [1.82, 2.24) is 10.6 Å². The second kappa shape index (κ2) is 7.74. The normalized spacial score (nSPS) is 23.5. The third kappa shape index (κ3) is 3.47. The molecule has 3 atom stereocenters. The Balaban J connectivity index is 1.62. The number of hydrogen-bond acceptors (Lipinski definition) is 5. The molecule has 6 heteroatoms. The summed E-state index contributed by atoms with van der Waals surface area (Å²) in [5.74, 6) is 2.53. The number of thiocarbonyl (C=S) groups is 1. The molecule has 2 aromatic carbocycles. The molecule has 0 saturated carbocycles. The number of hydrogen-bond donors (Lipinski definition) is 2. The fourth-order valence-electron chi connectivity index (χ4n) is 3.69. The molecule has 142 valence electrons. The Morgan fingerprint density at radius 1 is 1.04 bits per heavy atom. The van der Waals surface area contributed by atoms with Crippen LogP contribution in [0.2, 0.25) is 0 Å². The van der Waals surface area contributed by atoms with Gasteiger partial charge in [0.2, 0.25) is 0 Å². The second-order valence-electron chi connectivity index (χ2n) is 6.61. The zero-order chi connectivity index (χ0) is 18.8. The van der Waals surface area contributed by atoms with Gasteiger partial charge in [-0.15, -0.1) is 0 Å². The van der Waals surface area contributed by atoms with Crippen LogP contribution < -0.4 is 24.8 Å². The van der Waals surface area contributed by atoms with E-state index in [0.29, 0.717) is 13.2 Å². The second-order valence-corrected chi connectivity index (χ2v) is 7.05. The van der Waals surface area contributed by atoms with Crippen molar-refractivity contribution >= 4 is 17.2 Å². The van der Waals surface area contributed by atoms with Crippen molar-refractivity contribution in [3.8, 4) is 17.2 Å². The van der Waals surface area contributed by atoms with Gasteiger partial charge in [0.15, 0.2) is 17.7 Å². The van der Waals surface area contributed by atoms with E-state index in [2.05, 4.69) is 16.7 Å². The van der Waals surface area contributed by atoms with Crippen LogP contribution in [0.5, 0.6) is 17.2 Å². The predicted octanol–water partition coefficient (Wildman–Crippen LogP) is 3.58. The summed E-state index contributed by atoms with van der Waals surface area (Å²) in [4.78, 5) is 0.808. The third-order valence-corrected chi connectivity index (χ3v) is 5.32. The lowest BCUT2D eigenvalue weighted by Crippen LogP contribution is -2.60. The van der Waals surface area contributed by atoms with Crippen molar-refractivity contribution < 1.29 is 14.2 Å². The van der Waals surface area contributed by atoms with Crippen LogP contribution in [0.1, 0.15) is 31.1 Å². The first-order valence-corrected chi connectivity index (χ1v) is 9.81. The van der Waals surface area contributed by atoms with E-state index in [0.717, 1.165) is 39.8 Å². The van der Waals surface area contributed by atoms with Gasteiger partial charge in [-0.3, -0.25) is 5.32 Å². The topological polar surface area (TPSA) is 51.8 Å². The van der Waals surface area contributed by atoms with Crippen molar-refractivity contribution in [3.05, 3.63) is 53.6 Å². The molecule has 3 unspecified atom stereocenters. The molecule has 2 aromatic rings. The number of nitrogens with one attached hydrogen (secondary N) is 2. The average Bonchev–Trinajstić information content (AvgIpc) is 2.68. The molecule has 2 N–H and O–H groups in total. The lowest BCUT2D eigenvalue weighted by Gasteiger charge is -2.42. The summed E-state index contributed by atoms with van der Waals surface area (Å²) in [5.41, 5.74) is 2.15. The molecule has 1 saturated heterocycles. The Labute approximate surface area is 165 Å². The van der Waals surface area contributed by atoms with Crippen molar-refractivity contribution in [1.29, 1.82) is 0 Å². The van der Waals surface area contributed by atoms with Crippen LogP contribution in [0.15, 0.2) is 42.5 Å². The maximum absolute atomic E-state index is 6.34. The smallest absolute Gasteiger partial charge is 0.166 e. The molecule has 2 heterocycles. The van der Waals surface area contributed by atoms with Gasteiger partial charge in [0.25, 0.3) is 0 Å². The van der Waals surface area contributed by atoms with E-state index in [-0.39, 0.29) is 18.3 Å². The average molecular weight is 385 g/mol. The molecular formula is C21H24N2O3S. The number of para-hydroxylation sites is 2. The zero-order valence-electron chi connectivity index (χ0n) is 15.5. The van der Waals surface area contributed by atoms with Gasteiger partial charge in [0.05, 0.1) is 24.1 Å². The fourth-order valence-corrected chi connectivity index (χ4v) is 4.01. The number of fused-ring (bicyclic) bond motifs is 2. The Morgan fingerprint density at radius 3 is 2.59 bits per heavy atom. The van der Waals surface area contributed by atoms with E-state index >= 15 is 0 Å². The Morgan fingerprint density at radius 2 is 1.78 bits per heavy atom.